The molecule has 0 aliphatic carbocycles. The molecule has 0 bridgehead atoms. The van der Waals surface area contributed by atoms with E-state index in [9.17, 15) is 0 Å². The van der Waals surface area contributed by atoms with Gasteiger partial charge in [-0.15, -0.1) is 0 Å². The highest BCUT2D eigenvalue weighted by molar-refractivity contribution is 6.08. The molecule has 0 aliphatic rings. The predicted octanol–water partition coefficient (Wildman–Crippen LogP) is 1.45. The lowest BCUT2D eigenvalue weighted by Crippen LogP contribution is -2.04. The van der Waals surface area contributed by atoms with Crippen LogP contribution in [0.5, 0.6) is 0 Å². The molecule has 0 amide bonds. The SMILES string of the molecule is CCN/C=C(\C=N)c1ccc(N)c(N)c1. The smallest absolute Gasteiger partial charge is 0.0554 e. The van der Waals surface area contributed by atoms with Crippen molar-refractivity contribution in [2.24, 2.45) is 0 Å². The molecule has 1 aromatic carbocycles. The largest absolute Gasteiger partial charge is 0.397 e. The average molecular weight is 204 g/mol. The summed E-state index contributed by atoms with van der Waals surface area (Å²) >= 11 is 0. The van der Waals surface area contributed by atoms with E-state index in [1.807, 2.05) is 13.0 Å². The van der Waals surface area contributed by atoms with Crippen LogP contribution in [0.15, 0.2) is 24.4 Å². The molecule has 0 aromatic heterocycles. The zero-order valence-corrected chi connectivity index (χ0v) is 8.75. The zero-order chi connectivity index (χ0) is 11.3. The number of hydrogen-bond acceptors (Lipinski definition) is 4. The molecular formula is C11H16N4. The molecule has 0 spiro atoms. The zero-order valence-electron chi connectivity index (χ0n) is 8.75. The highest BCUT2D eigenvalue weighted by atomic mass is 14.8. The minimum absolute atomic E-state index is 0.539. The molecule has 1 aromatic rings. The Morgan fingerprint density at radius 2 is 2.13 bits per heavy atom. The Hall–Kier alpha value is -1.97. The van der Waals surface area contributed by atoms with Gasteiger partial charge in [0.25, 0.3) is 0 Å². The van der Waals surface area contributed by atoms with Crippen molar-refractivity contribution in [1.82, 2.24) is 5.32 Å². The maximum atomic E-state index is 7.29. The Balaban J connectivity index is 3.02. The van der Waals surface area contributed by atoms with Crippen molar-refractivity contribution < 1.29 is 0 Å². The van der Waals surface area contributed by atoms with E-state index in [1.54, 1.807) is 18.3 Å². The van der Waals surface area contributed by atoms with Gasteiger partial charge in [-0.2, -0.15) is 0 Å². The van der Waals surface area contributed by atoms with Gasteiger partial charge in [0.05, 0.1) is 11.4 Å². The maximum absolute atomic E-state index is 7.29. The van der Waals surface area contributed by atoms with E-state index < -0.39 is 0 Å². The lowest BCUT2D eigenvalue weighted by Gasteiger charge is -2.05. The Labute approximate surface area is 89.5 Å². The van der Waals surface area contributed by atoms with Crippen molar-refractivity contribution in [3.05, 3.63) is 30.0 Å². The van der Waals surface area contributed by atoms with Crippen molar-refractivity contribution in [2.45, 2.75) is 6.92 Å². The topological polar surface area (TPSA) is 87.9 Å². The monoisotopic (exact) mass is 204 g/mol. The van der Waals surface area contributed by atoms with E-state index in [-0.39, 0.29) is 0 Å². The van der Waals surface area contributed by atoms with Crippen LogP contribution in [-0.4, -0.2) is 12.8 Å². The lowest BCUT2D eigenvalue weighted by molar-refractivity contribution is 0.922. The summed E-state index contributed by atoms with van der Waals surface area (Å²) in [6.45, 7) is 2.82. The second-order valence-corrected chi connectivity index (χ2v) is 3.15. The van der Waals surface area contributed by atoms with E-state index in [0.717, 1.165) is 17.7 Å². The van der Waals surface area contributed by atoms with Gasteiger partial charge in [-0.3, -0.25) is 0 Å². The van der Waals surface area contributed by atoms with E-state index in [2.05, 4.69) is 5.32 Å². The Morgan fingerprint density at radius 3 is 2.67 bits per heavy atom. The van der Waals surface area contributed by atoms with Crippen LogP contribution in [-0.2, 0) is 0 Å². The molecule has 0 radical (unpaired) electrons. The van der Waals surface area contributed by atoms with Gasteiger partial charge in [-0.1, -0.05) is 6.07 Å². The highest BCUT2D eigenvalue weighted by Crippen LogP contribution is 2.20. The second kappa shape index (κ2) is 5.05. The van der Waals surface area contributed by atoms with Gasteiger partial charge in [0, 0.05) is 24.5 Å². The van der Waals surface area contributed by atoms with Crippen LogP contribution in [0.1, 0.15) is 12.5 Å². The molecule has 6 N–H and O–H groups in total. The Morgan fingerprint density at radius 1 is 1.40 bits per heavy atom. The summed E-state index contributed by atoms with van der Waals surface area (Å²) in [7, 11) is 0. The summed E-state index contributed by atoms with van der Waals surface area (Å²) in [5, 5.41) is 10.3. The Bertz CT molecular complexity index is 382. The third-order valence-corrected chi connectivity index (χ3v) is 2.04. The van der Waals surface area contributed by atoms with Crippen molar-refractivity contribution in [2.75, 3.05) is 18.0 Å². The molecule has 0 saturated carbocycles. The molecule has 0 aliphatic heterocycles. The number of benzene rings is 1. The molecule has 0 heterocycles. The first-order valence-electron chi connectivity index (χ1n) is 4.78. The predicted molar refractivity (Wildman–Crippen MR) is 65.7 cm³/mol. The van der Waals surface area contributed by atoms with Crippen molar-refractivity contribution in [1.29, 1.82) is 5.41 Å². The fourth-order valence-corrected chi connectivity index (χ4v) is 1.17. The number of nitrogens with one attached hydrogen (secondary N) is 2. The second-order valence-electron chi connectivity index (χ2n) is 3.15. The third kappa shape index (κ3) is 2.74. The average Bonchev–Trinajstić information content (AvgIpc) is 2.24. The van der Waals surface area contributed by atoms with E-state index in [0.29, 0.717) is 11.4 Å². The summed E-state index contributed by atoms with van der Waals surface area (Å²) in [5.41, 5.74) is 14.1. The van der Waals surface area contributed by atoms with Gasteiger partial charge in [-0.25, -0.2) is 0 Å². The van der Waals surface area contributed by atoms with Gasteiger partial charge in [0.15, 0.2) is 0 Å². The van der Waals surface area contributed by atoms with Gasteiger partial charge >= 0.3 is 0 Å². The number of nitrogens with two attached hydrogens (primary N) is 2. The first-order valence-corrected chi connectivity index (χ1v) is 4.78. The number of allylic oxidation sites excluding steroid dienone is 1. The first-order chi connectivity index (χ1) is 7.19. The van der Waals surface area contributed by atoms with E-state index >= 15 is 0 Å². The van der Waals surface area contributed by atoms with E-state index in [1.165, 1.54) is 6.21 Å². The molecule has 1 rings (SSSR count). The molecule has 80 valence electrons. The van der Waals surface area contributed by atoms with Crippen LogP contribution in [0.2, 0.25) is 0 Å². The standard InChI is InChI=1S/C11H16N4/c1-2-15-7-9(6-12)8-3-4-10(13)11(14)5-8/h3-7,12,15H,2,13-14H2,1H3/b9-7+,12-6?. The Kier molecular flexibility index (Phi) is 3.74. The number of rotatable bonds is 4. The fraction of sp³-hybridized carbons (Fsp3) is 0.182. The number of anilines is 2. The van der Waals surface area contributed by atoms with Crippen LogP contribution in [0.25, 0.3) is 5.57 Å². The lowest BCUT2D eigenvalue weighted by atomic mass is 10.1. The molecule has 4 heteroatoms. The van der Waals surface area contributed by atoms with E-state index in [4.69, 9.17) is 16.9 Å². The van der Waals surface area contributed by atoms with Gasteiger partial charge in [-0.05, 0) is 24.6 Å². The summed E-state index contributed by atoms with van der Waals surface area (Å²) in [6, 6.07) is 5.36. The molecular weight excluding hydrogens is 188 g/mol. The van der Waals surface area contributed by atoms with Gasteiger partial charge < -0.3 is 22.2 Å². The molecule has 0 saturated heterocycles. The van der Waals surface area contributed by atoms with Crippen LogP contribution in [0, 0.1) is 5.41 Å². The number of hydrogen-bond donors (Lipinski definition) is 4. The summed E-state index contributed by atoms with van der Waals surface area (Å²) in [4.78, 5) is 0. The van der Waals surface area contributed by atoms with Crippen LogP contribution in [0.4, 0.5) is 11.4 Å². The van der Waals surface area contributed by atoms with Crippen LogP contribution in [0.3, 0.4) is 0 Å². The third-order valence-electron chi connectivity index (χ3n) is 2.04. The molecule has 15 heavy (non-hydrogen) atoms. The number of nitrogen functional groups attached to an aromatic ring is 2. The highest BCUT2D eigenvalue weighted by Gasteiger charge is 2.00. The summed E-state index contributed by atoms with van der Waals surface area (Å²) in [6.07, 6.45) is 3.07. The minimum Gasteiger partial charge on any atom is -0.397 e. The fourth-order valence-electron chi connectivity index (χ4n) is 1.17. The molecule has 0 unspecified atom stereocenters. The van der Waals surface area contributed by atoms with Gasteiger partial charge in [0.2, 0.25) is 0 Å². The van der Waals surface area contributed by atoms with Crippen LogP contribution < -0.4 is 16.8 Å². The van der Waals surface area contributed by atoms with Crippen molar-refractivity contribution in [3.8, 4) is 0 Å². The van der Waals surface area contributed by atoms with Crippen LogP contribution >= 0.6 is 0 Å². The molecule has 4 nitrogen and oxygen atoms in total. The quantitative estimate of drug-likeness (QED) is 0.442. The molecule has 0 atom stereocenters. The summed E-state index contributed by atoms with van der Waals surface area (Å²) in [5.74, 6) is 0. The minimum atomic E-state index is 0.539. The maximum Gasteiger partial charge on any atom is 0.0554 e. The van der Waals surface area contributed by atoms with Crippen molar-refractivity contribution in [3.63, 3.8) is 0 Å². The first kappa shape index (κ1) is 11.1. The normalized spacial score (nSPS) is 11.1. The van der Waals surface area contributed by atoms with Gasteiger partial charge in [0.1, 0.15) is 0 Å². The summed E-state index contributed by atoms with van der Waals surface area (Å²) < 4.78 is 0. The molecule has 0 fully saturated rings. The van der Waals surface area contributed by atoms with Crippen molar-refractivity contribution >= 4 is 23.2 Å².